The third-order valence-electron chi connectivity index (χ3n) is 0.404. The molecule has 0 fully saturated rings. The van der Waals surface area contributed by atoms with Gasteiger partial charge in [0.25, 0.3) is 0 Å². The van der Waals surface area contributed by atoms with E-state index in [2.05, 4.69) is 20.5 Å². The van der Waals surface area contributed by atoms with Crippen molar-refractivity contribution in [3.63, 3.8) is 0 Å². The maximum atomic E-state index is 9.44. The van der Waals surface area contributed by atoms with Gasteiger partial charge in [0.15, 0.2) is 0 Å². The van der Waals surface area contributed by atoms with E-state index in [4.69, 9.17) is 0 Å². The number of hydrogen-bond donors (Lipinski definition) is 2. The Kier molecular flexibility index (Phi) is 11.2. The van der Waals surface area contributed by atoms with Crippen LogP contribution in [0, 0.1) is 0 Å². The molecule has 15 heteroatoms. The van der Waals surface area contributed by atoms with Crippen LogP contribution in [0.15, 0.2) is 0 Å². The molecule has 0 aliphatic carbocycles. The molecule has 12 nitrogen and oxygen atoms in total. The van der Waals surface area contributed by atoms with Crippen LogP contribution in [0.3, 0.4) is 0 Å². The molecule has 0 radical (unpaired) electrons. The molecule has 0 unspecified atom stereocenters. The molecule has 17 heavy (non-hydrogen) atoms. The van der Waals surface area contributed by atoms with Gasteiger partial charge < -0.3 is 49.2 Å². The Morgan fingerprint density at radius 1 is 0.824 bits per heavy atom. The van der Waals surface area contributed by atoms with E-state index in [1.165, 1.54) is 0 Å². The molecular weight excluding hydrogens is 393 g/mol. The Hall–Kier alpha value is -0.361. The molecule has 0 saturated carbocycles. The largest absolute Gasteiger partial charge is 4.00 e. The number of carbonyl (C=O) groups is 2. The summed E-state index contributed by atoms with van der Waals surface area (Å²) in [5.74, 6) is 0. The fourth-order valence-electron chi connectivity index (χ4n) is 0.220. The van der Waals surface area contributed by atoms with E-state index in [1.807, 2.05) is 0 Å². The molecule has 0 saturated heterocycles. The van der Waals surface area contributed by atoms with Crippen molar-refractivity contribution in [2.24, 2.45) is 11.5 Å². The van der Waals surface area contributed by atoms with E-state index in [1.54, 1.807) is 0 Å². The molecule has 0 aromatic heterocycles. The normalized spacial score (nSPS) is 10.1. The Morgan fingerprint density at radius 2 is 1.00 bits per heavy atom. The van der Waals surface area contributed by atoms with Gasteiger partial charge >= 0.3 is 36.1 Å². The number of primary amides is 2. The first-order valence-electron chi connectivity index (χ1n) is 2.85. The molecule has 0 aromatic carbocycles. The number of phosphoric ester groups is 2. The van der Waals surface area contributed by atoms with Gasteiger partial charge in [-0.05, 0) is 0 Å². The average molecular weight is 397 g/mol. The van der Waals surface area contributed by atoms with Crippen molar-refractivity contribution < 1.29 is 47.3 Å². The summed E-state index contributed by atoms with van der Waals surface area (Å²) in [6.45, 7) is 0. The van der Waals surface area contributed by atoms with E-state index >= 15 is 0 Å². The van der Waals surface area contributed by atoms with Gasteiger partial charge in [0, 0.05) is 0 Å². The topological polar surface area (TPSA) is 231 Å². The predicted molar refractivity (Wildman–Crippen MR) is 42.3 cm³/mol. The molecule has 0 atom stereocenters. The quantitative estimate of drug-likeness (QED) is 0.335. The van der Waals surface area contributed by atoms with Crippen molar-refractivity contribution in [3.05, 3.63) is 0 Å². The van der Waals surface area contributed by atoms with Gasteiger partial charge in [-0.2, -0.15) is 0 Å². The number of amides is 2. The molecule has 0 spiro atoms. The van der Waals surface area contributed by atoms with Gasteiger partial charge in [0.2, 0.25) is 0 Å². The number of nitrogens with two attached hydrogens (primary N) is 2. The van der Waals surface area contributed by atoms with Gasteiger partial charge in [-0.1, -0.05) is 0 Å². The molecule has 0 heterocycles. The average Bonchev–Trinajstić information content (AvgIpc) is 1.72. The van der Waals surface area contributed by atoms with Crippen LogP contribution >= 0.6 is 15.6 Å². The van der Waals surface area contributed by atoms with Crippen molar-refractivity contribution in [1.29, 1.82) is 0 Å². The second-order valence-corrected chi connectivity index (χ2v) is 3.87. The second-order valence-electron chi connectivity index (χ2n) is 1.72. The third-order valence-corrected chi connectivity index (χ3v) is 1.21. The minimum absolute atomic E-state index is 0. The predicted octanol–water partition coefficient (Wildman–Crippen LogP) is -4.56. The van der Waals surface area contributed by atoms with E-state index in [0.717, 1.165) is 0 Å². The zero-order chi connectivity index (χ0) is 13.6. The summed E-state index contributed by atoms with van der Waals surface area (Å²) in [6, 6.07) is 0. The SMILES string of the molecule is NC(=O)OP(=O)([O-])[O-].NC(=O)OP(=O)([O-])[O-].[Sn+4]. The van der Waals surface area contributed by atoms with E-state index in [0.29, 0.717) is 0 Å². The molecule has 0 aromatic rings. The summed E-state index contributed by atoms with van der Waals surface area (Å²) >= 11 is 0. The maximum Gasteiger partial charge on any atom is 4.00 e. The van der Waals surface area contributed by atoms with Crippen molar-refractivity contribution in [3.8, 4) is 0 Å². The molecule has 0 rings (SSSR count). The van der Waals surface area contributed by atoms with E-state index in [-0.39, 0.29) is 23.9 Å². The van der Waals surface area contributed by atoms with E-state index in [9.17, 15) is 38.3 Å². The van der Waals surface area contributed by atoms with Crippen molar-refractivity contribution in [1.82, 2.24) is 0 Å². The number of phosphoric acid groups is 2. The summed E-state index contributed by atoms with van der Waals surface area (Å²) in [7, 11) is -10.4. The third kappa shape index (κ3) is 31.3. The zero-order valence-corrected chi connectivity index (χ0v) is 12.3. The number of rotatable bonds is 2. The van der Waals surface area contributed by atoms with Crippen LogP contribution in [0.25, 0.3) is 0 Å². The summed E-state index contributed by atoms with van der Waals surface area (Å²) < 4.78 is 24.8. The number of hydrogen-bond acceptors (Lipinski definition) is 10. The van der Waals surface area contributed by atoms with Crippen LogP contribution in [-0.4, -0.2) is 36.1 Å². The second kappa shape index (κ2) is 8.69. The first-order chi connectivity index (χ1) is 6.83. The molecule has 96 valence electrons. The zero-order valence-electron chi connectivity index (χ0n) is 7.63. The van der Waals surface area contributed by atoms with Crippen LogP contribution in [0.2, 0.25) is 0 Å². The molecule has 0 bridgehead atoms. The number of carbonyl (C=O) groups excluding carboxylic acids is 2. The van der Waals surface area contributed by atoms with Crippen molar-refractivity contribution in [2.75, 3.05) is 0 Å². The van der Waals surface area contributed by atoms with Crippen LogP contribution < -0.4 is 31.0 Å². The fourth-order valence-corrected chi connectivity index (χ4v) is 0.661. The Labute approximate surface area is 111 Å². The van der Waals surface area contributed by atoms with Crippen LogP contribution in [0.1, 0.15) is 0 Å². The molecule has 4 N–H and O–H groups in total. The summed E-state index contributed by atoms with van der Waals surface area (Å²) in [5, 5.41) is 0. The van der Waals surface area contributed by atoms with E-state index < -0.39 is 27.8 Å². The standard InChI is InChI=1S/2CH4NO5P.Sn/c2*2-1(3)7-8(4,5)6;/h2*(H2,2,3)(H2,4,5,6);/q;;+4/p-4. The monoisotopic (exact) mass is 398 g/mol. The van der Waals surface area contributed by atoms with Crippen LogP contribution in [0.5, 0.6) is 0 Å². The van der Waals surface area contributed by atoms with Gasteiger partial charge in [-0.3, -0.25) is 0 Å². The molecule has 0 aliphatic rings. The van der Waals surface area contributed by atoms with Gasteiger partial charge in [-0.15, -0.1) is 0 Å². The van der Waals surface area contributed by atoms with Gasteiger partial charge in [0.05, 0.1) is 0 Å². The van der Waals surface area contributed by atoms with Crippen molar-refractivity contribution >= 4 is 51.7 Å². The Balaban J connectivity index is -0.000000218. The van der Waals surface area contributed by atoms with Crippen molar-refractivity contribution in [2.45, 2.75) is 0 Å². The fraction of sp³-hybridized carbons (Fsp3) is 0. The Morgan fingerprint density at radius 3 is 1.00 bits per heavy atom. The Bertz CT molecular complexity index is 310. The smallest absolute Gasteiger partial charge is 0.780 e. The van der Waals surface area contributed by atoms with Gasteiger partial charge in [0.1, 0.15) is 15.6 Å². The maximum absolute atomic E-state index is 9.44. The first-order valence-corrected chi connectivity index (χ1v) is 5.78. The summed E-state index contributed by atoms with van der Waals surface area (Å²) in [6.07, 6.45) is -3.23. The molecule has 0 aliphatic heterocycles. The molecule has 2 amide bonds. The van der Waals surface area contributed by atoms with Gasteiger partial charge in [-0.25, -0.2) is 9.59 Å². The first kappa shape index (κ1) is 21.9. The summed E-state index contributed by atoms with van der Waals surface area (Å²) in [5.41, 5.74) is 8.29. The summed E-state index contributed by atoms with van der Waals surface area (Å²) in [4.78, 5) is 56.4. The van der Waals surface area contributed by atoms with Crippen LogP contribution in [0.4, 0.5) is 9.59 Å². The minimum Gasteiger partial charge on any atom is -0.780 e. The minimum atomic E-state index is -5.20. The van der Waals surface area contributed by atoms with Crippen LogP contribution in [-0.2, 0) is 18.2 Å². The molecular formula is C2H4N2O10P2Sn.